The fraction of sp³-hybridized carbons (Fsp3) is 0.273. The van der Waals surface area contributed by atoms with E-state index in [0.29, 0.717) is 28.3 Å². The van der Waals surface area contributed by atoms with Crippen LogP contribution in [0.15, 0.2) is 84.4 Å². The number of hydrogen-bond donors (Lipinski definition) is 1. The smallest absolute Gasteiger partial charge is 0.246 e. The van der Waals surface area contributed by atoms with E-state index in [1.165, 1.54) is 29.0 Å². The molecule has 0 radical (unpaired) electrons. The maximum absolute atomic E-state index is 15.0. The van der Waals surface area contributed by atoms with E-state index in [4.69, 9.17) is 23.2 Å². The van der Waals surface area contributed by atoms with E-state index < -0.39 is 46.8 Å². The summed E-state index contributed by atoms with van der Waals surface area (Å²) in [6, 6.07) is 20.5. The third-order valence-corrected chi connectivity index (χ3v) is 10.2. The van der Waals surface area contributed by atoms with Gasteiger partial charge in [0.05, 0.1) is 28.9 Å². The summed E-state index contributed by atoms with van der Waals surface area (Å²) >= 11 is 13.1. The minimum atomic E-state index is -1.41. The van der Waals surface area contributed by atoms with Crippen molar-refractivity contribution in [2.75, 3.05) is 11.9 Å². The third kappa shape index (κ3) is 3.53. The number of fused-ring (bicyclic) bond motifs is 4. The molecule has 7 nitrogen and oxygen atoms in total. The molecule has 0 unspecified atom stereocenters. The number of rotatable bonds is 3. The lowest BCUT2D eigenvalue weighted by Gasteiger charge is -2.51. The van der Waals surface area contributed by atoms with Gasteiger partial charge in [0.25, 0.3) is 0 Å². The molecule has 2 heterocycles. The number of benzene rings is 3. The minimum absolute atomic E-state index is 0.0355. The number of hydrogen-bond acceptors (Lipinski definition) is 5. The summed E-state index contributed by atoms with van der Waals surface area (Å²) < 4.78 is 0. The molecule has 4 aliphatic rings. The molecule has 7 rings (SSSR count). The molecule has 0 aromatic heterocycles. The molecular formula is C33H26Cl2N2O5. The normalized spacial score (nSPS) is 30.3. The first-order valence-electron chi connectivity index (χ1n) is 13.9. The fourth-order valence-electron chi connectivity index (χ4n) is 8.00. The molecule has 212 valence electrons. The lowest BCUT2D eigenvalue weighted by molar-refractivity contribution is -0.138. The number of allylic oxidation sites excluding steroid dienone is 2. The van der Waals surface area contributed by atoms with Crippen LogP contribution >= 0.6 is 23.2 Å². The molecule has 3 aromatic carbocycles. The van der Waals surface area contributed by atoms with Crippen LogP contribution in [0, 0.1) is 23.7 Å². The van der Waals surface area contributed by atoms with Crippen LogP contribution < -0.4 is 4.90 Å². The van der Waals surface area contributed by atoms with Gasteiger partial charge in [0, 0.05) is 23.0 Å². The number of halogens is 2. The lowest BCUT2D eigenvalue weighted by atomic mass is 9.49. The van der Waals surface area contributed by atoms with E-state index in [2.05, 4.69) is 0 Å². The van der Waals surface area contributed by atoms with Crippen LogP contribution in [-0.2, 0) is 24.6 Å². The van der Waals surface area contributed by atoms with Crippen molar-refractivity contribution in [3.63, 3.8) is 0 Å². The van der Waals surface area contributed by atoms with Crippen molar-refractivity contribution in [3.05, 3.63) is 106 Å². The van der Waals surface area contributed by atoms with Crippen LogP contribution in [0.3, 0.4) is 0 Å². The molecule has 9 heteroatoms. The van der Waals surface area contributed by atoms with Crippen LogP contribution in [0.2, 0.25) is 10.0 Å². The molecule has 42 heavy (non-hydrogen) atoms. The molecule has 3 fully saturated rings. The third-order valence-electron chi connectivity index (χ3n) is 9.68. The van der Waals surface area contributed by atoms with E-state index in [-0.39, 0.29) is 29.0 Å². The average molecular weight is 601 g/mol. The Morgan fingerprint density at radius 3 is 2.33 bits per heavy atom. The summed E-state index contributed by atoms with van der Waals surface area (Å²) in [6.07, 6.45) is 2.53. The topological polar surface area (TPSA) is 95.0 Å². The predicted octanol–water partition coefficient (Wildman–Crippen LogP) is 5.49. The number of nitrogens with zero attached hydrogens (tertiary/aromatic N) is 2. The quantitative estimate of drug-likeness (QED) is 0.317. The summed E-state index contributed by atoms with van der Waals surface area (Å²) in [5, 5.41) is 10.9. The summed E-state index contributed by atoms with van der Waals surface area (Å²) in [7, 11) is 1.50. The van der Waals surface area contributed by atoms with Gasteiger partial charge in [-0.25, -0.2) is 4.90 Å². The second kappa shape index (κ2) is 9.54. The highest BCUT2D eigenvalue weighted by Gasteiger charge is 2.70. The Bertz CT molecular complexity index is 1720. The van der Waals surface area contributed by atoms with Gasteiger partial charge < -0.3 is 5.11 Å². The molecule has 2 aliphatic heterocycles. The van der Waals surface area contributed by atoms with Crippen LogP contribution in [0.25, 0.3) is 0 Å². The van der Waals surface area contributed by atoms with Crippen LogP contribution in [-0.4, -0.2) is 40.7 Å². The maximum Gasteiger partial charge on any atom is 0.246 e. The minimum Gasteiger partial charge on any atom is -0.508 e. The van der Waals surface area contributed by atoms with Crippen molar-refractivity contribution in [1.82, 2.24) is 4.90 Å². The van der Waals surface area contributed by atoms with Gasteiger partial charge in [-0.05, 0) is 60.2 Å². The van der Waals surface area contributed by atoms with Gasteiger partial charge >= 0.3 is 0 Å². The number of imide groups is 2. The first-order chi connectivity index (χ1) is 20.2. The van der Waals surface area contributed by atoms with Crippen molar-refractivity contribution in [3.8, 4) is 5.75 Å². The van der Waals surface area contributed by atoms with Crippen molar-refractivity contribution in [2.24, 2.45) is 23.7 Å². The first kappa shape index (κ1) is 26.9. The van der Waals surface area contributed by atoms with Crippen LogP contribution in [0.4, 0.5) is 5.69 Å². The number of anilines is 1. The number of carbonyl (C=O) groups excluding carboxylic acids is 4. The summed E-state index contributed by atoms with van der Waals surface area (Å²) in [4.78, 5) is 58.5. The van der Waals surface area contributed by atoms with Gasteiger partial charge in [0.15, 0.2) is 0 Å². The number of likely N-dealkylation sites (tertiary alicyclic amines) is 1. The highest BCUT2D eigenvalue weighted by atomic mass is 35.5. The average Bonchev–Trinajstić information content (AvgIpc) is 3.34. The number of aromatic hydroxyl groups is 1. The highest BCUT2D eigenvalue weighted by Crippen LogP contribution is 2.65. The van der Waals surface area contributed by atoms with Gasteiger partial charge in [-0.15, -0.1) is 0 Å². The molecule has 3 aromatic rings. The summed E-state index contributed by atoms with van der Waals surface area (Å²) in [6.45, 7) is 0. The Morgan fingerprint density at radius 2 is 1.62 bits per heavy atom. The number of phenols is 1. The zero-order valence-corrected chi connectivity index (χ0v) is 24.0. The zero-order chi connectivity index (χ0) is 29.5. The monoisotopic (exact) mass is 600 g/mol. The second-order valence-corrected chi connectivity index (χ2v) is 12.4. The van der Waals surface area contributed by atoms with Gasteiger partial charge in [-0.1, -0.05) is 77.3 Å². The molecule has 0 bridgehead atoms. The van der Waals surface area contributed by atoms with Crippen molar-refractivity contribution in [2.45, 2.75) is 24.2 Å². The summed E-state index contributed by atoms with van der Waals surface area (Å²) in [5.41, 5.74) is 0.985. The Labute approximate surface area is 252 Å². The van der Waals surface area contributed by atoms with Crippen LogP contribution in [0.5, 0.6) is 5.75 Å². The van der Waals surface area contributed by atoms with Crippen LogP contribution in [0.1, 0.15) is 29.9 Å². The molecule has 2 saturated heterocycles. The summed E-state index contributed by atoms with van der Waals surface area (Å²) in [5.74, 6) is -4.57. The number of carbonyl (C=O) groups is 4. The van der Waals surface area contributed by atoms with Gasteiger partial charge in [0.2, 0.25) is 23.6 Å². The van der Waals surface area contributed by atoms with Gasteiger partial charge in [0.1, 0.15) is 5.75 Å². The van der Waals surface area contributed by atoms with Gasteiger partial charge in [-0.3, -0.25) is 24.1 Å². The maximum atomic E-state index is 15.0. The largest absolute Gasteiger partial charge is 0.508 e. The van der Waals surface area contributed by atoms with Crippen molar-refractivity contribution >= 4 is 52.5 Å². The van der Waals surface area contributed by atoms with Crippen molar-refractivity contribution in [1.29, 1.82) is 0 Å². The lowest BCUT2D eigenvalue weighted by Crippen LogP contribution is -2.53. The fourth-order valence-corrected chi connectivity index (χ4v) is 8.46. The van der Waals surface area contributed by atoms with E-state index >= 15 is 4.79 Å². The second-order valence-electron chi connectivity index (χ2n) is 11.5. The Hall–Kier alpha value is -3.94. The van der Waals surface area contributed by atoms with E-state index in [0.717, 1.165) is 5.57 Å². The SMILES string of the molecule is CN1C(=O)[C@H]2[C@H](CC=C3[C@H]2C[C@H]2C(=O)N(c4cccc(Cl)c4)C(=O)[C@@]2(c2ccccc2)[C@H]3c2ccc(O)cc2Cl)C1=O. The van der Waals surface area contributed by atoms with E-state index in [1.807, 2.05) is 36.4 Å². The molecule has 4 amide bonds. The molecule has 6 atom stereocenters. The zero-order valence-electron chi connectivity index (χ0n) is 22.5. The molecule has 0 spiro atoms. The first-order valence-corrected chi connectivity index (χ1v) is 14.6. The van der Waals surface area contributed by atoms with Crippen molar-refractivity contribution < 1.29 is 24.3 Å². The molecular weight excluding hydrogens is 575 g/mol. The predicted molar refractivity (Wildman–Crippen MR) is 157 cm³/mol. The number of amides is 4. The van der Waals surface area contributed by atoms with Gasteiger partial charge in [-0.2, -0.15) is 0 Å². The molecule has 1 saturated carbocycles. The molecule has 1 N–H and O–H groups in total. The Morgan fingerprint density at radius 1 is 0.857 bits per heavy atom. The highest BCUT2D eigenvalue weighted by molar-refractivity contribution is 6.33. The molecule has 2 aliphatic carbocycles. The Balaban J connectivity index is 1.53. The number of phenolic OH excluding ortho intramolecular Hbond substituents is 1. The Kier molecular flexibility index (Phi) is 6.12. The van der Waals surface area contributed by atoms with E-state index in [9.17, 15) is 19.5 Å². The van der Waals surface area contributed by atoms with E-state index in [1.54, 1.807) is 30.3 Å². The standard InChI is InChI=1S/C33H26Cl2N2O5/c1-36-29(39)23-13-12-21-24(27(23)31(36)41)16-25-30(40)37(19-9-5-8-18(34)14-19)32(42)33(25,17-6-3-2-4-7-17)28(21)22-11-10-20(38)15-26(22)35/h2-12,14-15,23-25,27-28,38H,13,16H2,1H3/t23-,24+,25-,27-,28+,33+/m0/s1.